The Kier molecular flexibility index (Phi) is 4.20. The number of aromatic nitrogens is 1. The first-order chi connectivity index (χ1) is 8.19. The summed E-state index contributed by atoms with van der Waals surface area (Å²) in [6.45, 7) is 2.10. The quantitative estimate of drug-likeness (QED) is 0.936. The van der Waals surface area contributed by atoms with Crippen LogP contribution in [-0.4, -0.2) is 10.1 Å². The van der Waals surface area contributed by atoms with E-state index in [0.717, 1.165) is 25.5 Å². The van der Waals surface area contributed by atoms with Gasteiger partial charge in [0, 0.05) is 15.6 Å². The van der Waals surface area contributed by atoms with E-state index in [1.165, 1.54) is 0 Å². The van der Waals surface area contributed by atoms with Crippen molar-refractivity contribution in [2.45, 2.75) is 23.5 Å². The molecule has 0 radical (unpaired) electrons. The third kappa shape index (κ3) is 3.31. The molecule has 0 atom stereocenters. The zero-order chi connectivity index (χ0) is 12.3. The summed E-state index contributed by atoms with van der Waals surface area (Å²) in [4.78, 5) is 5.45. The van der Waals surface area contributed by atoms with Crippen LogP contribution in [0.15, 0.2) is 50.9 Å². The van der Waals surface area contributed by atoms with Gasteiger partial charge in [0.05, 0.1) is 6.61 Å². The molecule has 0 unspecified atom stereocenters. The van der Waals surface area contributed by atoms with Crippen LogP contribution in [0.25, 0.3) is 0 Å². The third-order valence-electron chi connectivity index (χ3n) is 2.41. The lowest BCUT2D eigenvalue weighted by molar-refractivity contribution is 0.281. The summed E-state index contributed by atoms with van der Waals surface area (Å²) in [5.41, 5.74) is 2.08. The van der Waals surface area contributed by atoms with E-state index in [9.17, 15) is 0 Å². The maximum Gasteiger partial charge on any atom is 0.101 e. The Bertz CT molecular complexity index is 513. The number of hydrogen-bond acceptors (Lipinski definition) is 3. The number of pyridine rings is 1. The van der Waals surface area contributed by atoms with Crippen molar-refractivity contribution in [2.75, 3.05) is 0 Å². The summed E-state index contributed by atoms with van der Waals surface area (Å²) in [6.07, 6.45) is 1.79. The Labute approximate surface area is 113 Å². The minimum absolute atomic E-state index is 0.0906. The summed E-state index contributed by atoms with van der Waals surface area (Å²) in [6, 6.07) is 9.98. The number of halogens is 1. The second-order valence-electron chi connectivity index (χ2n) is 3.66. The lowest BCUT2D eigenvalue weighted by atomic mass is 10.1. The summed E-state index contributed by atoms with van der Waals surface area (Å²) >= 11 is 4.98. The van der Waals surface area contributed by atoms with Crippen molar-refractivity contribution in [1.29, 1.82) is 0 Å². The molecule has 0 fully saturated rings. The molecule has 0 aliphatic heterocycles. The van der Waals surface area contributed by atoms with Gasteiger partial charge in [0.2, 0.25) is 0 Å². The van der Waals surface area contributed by atoms with E-state index < -0.39 is 0 Å². The Hall–Kier alpha value is -0.840. The van der Waals surface area contributed by atoms with Crippen LogP contribution >= 0.6 is 27.7 Å². The predicted octanol–water partition coefficient (Wildman–Crippen LogP) is 3.80. The molecule has 1 heterocycles. The van der Waals surface area contributed by atoms with Crippen LogP contribution < -0.4 is 0 Å². The van der Waals surface area contributed by atoms with Crippen LogP contribution in [0.5, 0.6) is 0 Å². The zero-order valence-corrected chi connectivity index (χ0v) is 11.8. The number of hydrogen-bond donors (Lipinski definition) is 1. The van der Waals surface area contributed by atoms with Crippen LogP contribution in [0.1, 0.15) is 11.1 Å². The fraction of sp³-hybridized carbons (Fsp3) is 0.154. The first-order valence-corrected chi connectivity index (χ1v) is 6.80. The van der Waals surface area contributed by atoms with Gasteiger partial charge in [-0.2, -0.15) is 0 Å². The molecule has 88 valence electrons. The molecule has 0 saturated carbocycles. The lowest BCUT2D eigenvalue weighted by Crippen LogP contribution is -1.88. The second kappa shape index (κ2) is 5.67. The van der Waals surface area contributed by atoms with Crippen molar-refractivity contribution in [1.82, 2.24) is 4.98 Å². The first kappa shape index (κ1) is 12.6. The van der Waals surface area contributed by atoms with Gasteiger partial charge in [-0.1, -0.05) is 17.8 Å². The van der Waals surface area contributed by atoms with Crippen LogP contribution in [0.3, 0.4) is 0 Å². The zero-order valence-electron chi connectivity index (χ0n) is 9.35. The highest BCUT2D eigenvalue weighted by Crippen LogP contribution is 2.28. The topological polar surface area (TPSA) is 33.1 Å². The van der Waals surface area contributed by atoms with Crippen molar-refractivity contribution < 1.29 is 5.11 Å². The summed E-state index contributed by atoms with van der Waals surface area (Å²) in [5, 5.41) is 10.1. The van der Waals surface area contributed by atoms with Gasteiger partial charge in [0.1, 0.15) is 5.03 Å². The van der Waals surface area contributed by atoms with Crippen LogP contribution in [0, 0.1) is 6.92 Å². The minimum Gasteiger partial charge on any atom is -0.392 e. The molecular formula is C13H12BrNOS. The van der Waals surface area contributed by atoms with Gasteiger partial charge in [0.25, 0.3) is 0 Å². The van der Waals surface area contributed by atoms with E-state index in [-0.39, 0.29) is 6.61 Å². The van der Waals surface area contributed by atoms with Gasteiger partial charge in [0.15, 0.2) is 0 Å². The maximum absolute atomic E-state index is 9.11. The van der Waals surface area contributed by atoms with E-state index in [1.54, 1.807) is 18.0 Å². The molecule has 0 aliphatic carbocycles. The molecule has 2 rings (SSSR count). The van der Waals surface area contributed by atoms with Gasteiger partial charge in [-0.15, -0.1) is 0 Å². The number of nitrogens with zero attached hydrogens (tertiary/aromatic N) is 1. The second-order valence-corrected chi connectivity index (χ2v) is 5.67. The molecule has 1 aromatic carbocycles. The van der Waals surface area contributed by atoms with Crippen molar-refractivity contribution in [2.24, 2.45) is 0 Å². The molecule has 0 saturated heterocycles. The molecule has 0 bridgehead atoms. The highest BCUT2D eigenvalue weighted by molar-refractivity contribution is 9.10. The predicted molar refractivity (Wildman–Crippen MR) is 73.2 cm³/mol. The van der Waals surface area contributed by atoms with Gasteiger partial charge >= 0.3 is 0 Å². The van der Waals surface area contributed by atoms with Crippen LogP contribution in [0.2, 0.25) is 0 Å². The molecule has 0 spiro atoms. The molecule has 4 heteroatoms. The monoisotopic (exact) mass is 309 g/mol. The Morgan fingerprint density at radius 1 is 1.29 bits per heavy atom. The highest BCUT2D eigenvalue weighted by Gasteiger charge is 2.02. The molecule has 2 nitrogen and oxygen atoms in total. The fourth-order valence-corrected chi connectivity index (χ4v) is 2.54. The average Bonchev–Trinajstić information content (AvgIpc) is 2.32. The number of aliphatic hydroxyl groups excluding tert-OH is 1. The Morgan fingerprint density at radius 2 is 2.12 bits per heavy atom. The largest absolute Gasteiger partial charge is 0.392 e. The van der Waals surface area contributed by atoms with E-state index in [1.807, 2.05) is 31.2 Å². The molecule has 1 aromatic heterocycles. The first-order valence-electron chi connectivity index (χ1n) is 5.19. The lowest BCUT2D eigenvalue weighted by Gasteiger charge is -2.05. The number of rotatable bonds is 3. The third-order valence-corrected chi connectivity index (χ3v) is 3.82. The molecule has 2 aromatic rings. The highest BCUT2D eigenvalue weighted by atomic mass is 79.9. The standard InChI is InChI=1S/C13H12BrNOS/c1-9-6-12(4-2-10(9)8-16)17-13-5-3-11(14)7-15-13/h2-7,16H,8H2,1H3. The average molecular weight is 310 g/mol. The van der Waals surface area contributed by atoms with Gasteiger partial charge in [-0.25, -0.2) is 4.98 Å². The summed E-state index contributed by atoms with van der Waals surface area (Å²) < 4.78 is 0.980. The van der Waals surface area contributed by atoms with Crippen molar-refractivity contribution in [3.8, 4) is 0 Å². The van der Waals surface area contributed by atoms with E-state index in [4.69, 9.17) is 5.11 Å². The minimum atomic E-state index is 0.0906. The normalized spacial score (nSPS) is 10.5. The van der Waals surface area contributed by atoms with E-state index in [0.29, 0.717) is 0 Å². The number of benzene rings is 1. The van der Waals surface area contributed by atoms with E-state index in [2.05, 4.69) is 27.0 Å². The van der Waals surface area contributed by atoms with Crippen molar-refractivity contribution in [3.05, 3.63) is 52.1 Å². The van der Waals surface area contributed by atoms with E-state index >= 15 is 0 Å². The van der Waals surface area contributed by atoms with Crippen LogP contribution in [-0.2, 0) is 6.61 Å². The smallest absolute Gasteiger partial charge is 0.101 e. The van der Waals surface area contributed by atoms with Crippen molar-refractivity contribution >= 4 is 27.7 Å². The molecule has 0 aliphatic rings. The molecule has 17 heavy (non-hydrogen) atoms. The maximum atomic E-state index is 9.11. The Morgan fingerprint density at radius 3 is 2.71 bits per heavy atom. The number of aliphatic hydroxyl groups is 1. The van der Waals surface area contributed by atoms with Crippen molar-refractivity contribution in [3.63, 3.8) is 0 Å². The SMILES string of the molecule is Cc1cc(Sc2ccc(Br)cn2)ccc1CO. The van der Waals surface area contributed by atoms with Crippen LogP contribution in [0.4, 0.5) is 0 Å². The molecule has 1 N–H and O–H groups in total. The fourth-order valence-electron chi connectivity index (χ4n) is 1.45. The molecular weight excluding hydrogens is 298 g/mol. The Balaban J connectivity index is 2.19. The van der Waals surface area contributed by atoms with Gasteiger partial charge < -0.3 is 5.11 Å². The number of aryl methyl sites for hydroxylation is 1. The summed E-state index contributed by atoms with van der Waals surface area (Å²) in [7, 11) is 0. The van der Waals surface area contributed by atoms with Gasteiger partial charge in [-0.3, -0.25) is 0 Å². The summed E-state index contributed by atoms with van der Waals surface area (Å²) in [5.74, 6) is 0. The van der Waals surface area contributed by atoms with Gasteiger partial charge in [-0.05, 0) is 58.2 Å². The molecule has 0 amide bonds.